The first-order chi connectivity index (χ1) is 10.8. The van der Waals surface area contributed by atoms with Gasteiger partial charge in [0.25, 0.3) is 0 Å². The molecule has 0 bridgehead atoms. The van der Waals surface area contributed by atoms with E-state index in [2.05, 4.69) is 11.3 Å². The lowest BCUT2D eigenvalue weighted by Gasteiger charge is -2.33. The molecule has 1 aromatic rings. The molecule has 3 heteroatoms. The first-order valence-electron chi connectivity index (χ1n) is 8.76. The number of nitrogens with zero attached hydrogens (tertiary/aromatic N) is 1. The maximum absolute atomic E-state index is 12.9. The van der Waals surface area contributed by atoms with Gasteiger partial charge in [0.15, 0.2) is 0 Å². The van der Waals surface area contributed by atoms with Crippen LogP contribution in [0.4, 0.5) is 4.39 Å². The lowest BCUT2D eigenvalue weighted by atomic mass is 9.87. The van der Waals surface area contributed by atoms with Crippen LogP contribution in [0.2, 0.25) is 0 Å². The van der Waals surface area contributed by atoms with Crippen LogP contribution in [0.15, 0.2) is 24.3 Å². The number of benzene rings is 1. The SMILES string of the molecule is Fc1ccc(OC2CCN(CCC3CC[CH]CC3)CC2)cc1. The maximum Gasteiger partial charge on any atom is 0.123 e. The van der Waals surface area contributed by atoms with E-state index in [1.54, 1.807) is 12.1 Å². The molecule has 3 rings (SSSR count). The van der Waals surface area contributed by atoms with Crippen LogP contribution in [0.5, 0.6) is 5.75 Å². The molecule has 121 valence electrons. The molecular weight excluding hydrogens is 277 g/mol. The van der Waals surface area contributed by atoms with Crippen molar-refractivity contribution in [3.8, 4) is 5.75 Å². The van der Waals surface area contributed by atoms with Crippen molar-refractivity contribution in [3.63, 3.8) is 0 Å². The standard InChI is InChI=1S/C19H27FNO/c20-17-6-8-18(9-7-17)22-19-11-14-21(15-12-19)13-10-16-4-2-1-3-5-16/h1,6-9,16,19H,2-5,10-15H2. The molecule has 0 spiro atoms. The predicted octanol–water partition coefficient (Wildman–Crippen LogP) is 4.45. The number of halogens is 1. The Bertz CT molecular complexity index is 433. The Hall–Kier alpha value is -1.09. The third-order valence-electron chi connectivity index (χ3n) is 5.06. The average Bonchev–Trinajstić information content (AvgIpc) is 2.57. The summed E-state index contributed by atoms with van der Waals surface area (Å²) in [4.78, 5) is 2.59. The third-order valence-corrected chi connectivity index (χ3v) is 5.06. The molecule has 1 aromatic carbocycles. The topological polar surface area (TPSA) is 12.5 Å². The summed E-state index contributed by atoms with van der Waals surface area (Å²) >= 11 is 0. The minimum Gasteiger partial charge on any atom is -0.490 e. The highest BCUT2D eigenvalue weighted by Crippen LogP contribution is 2.26. The van der Waals surface area contributed by atoms with Gasteiger partial charge >= 0.3 is 0 Å². The normalized spacial score (nSPS) is 21.9. The number of piperidine rings is 1. The second-order valence-electron chi connectivity index (χ2n) is 6.71. The van der Waals surface area contributed by atoms with E-state index < -0.39 is 0 Å². The summed E-state index contributed by atoms with van der Waals surface area (Å²) in [6.07, 6.45) is 11.7. The zero-order valence-corrected chi connectivity index (χ0v) is 13.3. The van der Waals surface area contributed by atoms with Gasteiger partial charge in [-0.25, -0.2) is 4.39 Å². The fourth-order valence-corrected chi connectivity index (χ4v) is 3.61. The van der Waals surface area contributed by atoms with Gasteiger partial charge in [0.1, 0.15) is 17.7 Å². The molecule has 2 fully saturated rings. The first-order valence-corrected chi connectivity index (χ1v) is 8.76. The van der Waals surface area contributed by atoms with E-state index in [0.717, 1.165) is 37.6 Å². The van der Waals surface area contributed by atoms with Crippen LogP contribution in [0.3, 0.4) is 0 Å². The van der Waals surface area contributed by atoms with Gasteiger partial charge in [0.05, 0.1) is 0 Å². The Kier molecular flexibility index (Phi) is 5.71. The first kappa shape index (κ1) is 15.8. The molecule has 1 aliphatic heterocycles. The molecule has 22 heavy (non-hydrogen) atoms. The summed E-state index contributed by atoms with van der Waals surface area (Å²) in [7, 11) is 0. The van der Waals surface area contributed by atoms with E-state index in [4.69, 9.17) is 4.74 Å². The Morgan fingerprint density at radius 2 is 1.68 bits per heavy atom. The van der Waals surface area contributed by atoms with Gasteiger partial charge in [-0.1, -0.05) is 12.8 Å². The van der Waals surface area contributed by atoms with Crippen molar-refractivity contribution in [2.24, 2.45) is 5.92 Å². The van der Waals surface area contributed by atoms with Crippen LogP contribution < -0.4 is 4.74 Å². The van der Waals surface area contributed by atoms with Crippen LogP contribution in [0, 0.1) is 18.2 Å². The highest BCUT2D eigenvalue weighted by molar-refractivity contribution is 5.22. The fraction of sp³-hybridized carbons (Fsp3) is 0.632. The monoisotopic (exact) mass is 304 g/mol. The van der Waals surface area contributed by atoms with Crippen molar-refractivity contribution < 1.29 is 9.13 Å². The summed E-state index contributed by atoms with van der Waals surface area (Å²) in [5.74, 6) is 1.53. The van der Waals surface area contributed by atoms with Crippen LogP contribution in [-0.4, -0.2) is 30.6 Å². The zero-order valence-electron chi connectivity index (χ0n) is 13.3. The average molecular weight is 304 g/mol. The molecule has 1 saturated heterocycles. The van der Waals surface area contributed by atoms with Crippen molar-refractivity contribution in [2.45, 2.75) is 51.0 Å². The number of likely N-dealkylation sites (tertiary alicyclic amines) is 1. The molecule has 2 nitrogen and oxygen atoms in total. The van der Waals surface area contributed by atoms with Gasteiger partial charge in [-0.05, 0) is 75.3 Å². The number of rotatable bonds is 5. The lowest BCUT2D eigenvalue weighted by molar-refractivity contribution is 0.0959. The van der Waals surface area contributed by atoms with Gasteiger partial charge in [0.2, 0.25) is 0 Å². The quantitative estimate of drug-likeness (QED) is 0.796. The number of hydrogen-bond acceptors (Lipinski definition) is 2. The summed E-state index contributed by atoms with van der Waals surface area (Å²) in [6, 6.07) is 6.38. The number of ether oxygens (including phenoxy) is 1. The van der Waals surface area contributed by atoms with E-state index in [1.807, 2.05) is 0 Å². The van der Waals surface area contributed by atoms with Gasteiger partial charge in [0, 0.05) is 13.1 Å². The smallest absolute Gasteiger partial charge is 0.123 e. The molecule has 0 atom stereocenters. The Balaban J connectivity index is 1.36. The fourth-order valence-electron chi connectivity index (χ4n) is 3.61. The van der Waals surface area contributed by atoms with Crippen molar-refractivity contribution in [1.82, 2.24) is 4.90 Å². The summed E-state index contributed by atoms with van der Waals surface area (Å²) < 4.78 is 18.8. The van der Waals surface area contributed by atoms with Gasteiger partial charge in [-0.3, -0.25) is 0 Å². The van der Waals surface area contributed by atoms with E-state index in [0.29, 0.717) is 0 Å². The van der Waals surface area contributed by atoms with Gasteiger partial charge < -0.3 is 9.64 Å². The largest absolute Gasteiger partial charge is 0.490 e. The van der Waals surface area contributed by atoms with E-state index in [1.165, 1.54) is 50.8 Å². The van der Waals surface area contributed by atoms with Crippen molar-refractivity contribution >= 4 is 0 Å². The molecule has 0 unspecified atom stereocenters. The minimum atomic E-state index is -0.206. The molecule has 1 heterocycles. The van der Waals surface area contributed by atoms with E-state index in [-0.39, 0.29) is 11.9 Å². The van der Waals surface area contributed by atoms with Crippen LogP contribution in [0.1, 0.15) is 44.9 Å². The van der Waals surface area contributed by atoms with Crippen molar-refractivity contribution in [1.29, 1.82) is 0 Å². The van der Waals surface area contributed by atoms with Crippen molar-refractivity contribution in [3.05, 3.63) is 36.5 Å². The van der Waals surface area contributed by atoms with Crippen LogP contribution in [-0.2, 0) is 0 Å². The second kappa shape index (κ2) is 7.96. The highest BCUT2D eigenvalue weighted by Gasteiger charge is 2.21. The summed E-state index contributed by atoms with van der Waals surface area (Å²) in [6.45, 7) is 3.50. The maximum atomic E-state index is 12.9. The predicted molar refractivity (Wildman–Crippen MR) is 87.4 cm³/mol. The highest BCUT2D eigenvalue weighted by atomic mass is 19.1. The van der Waals surface area contributed by atoms with Crippen LogP contribution in [0.25, 0.3) is 0 Å². The number of hydrogen-bond donors (Lipinski definition) is 0. The van der Waals surface area contributed by atoms with E-state index >= 15 is 0 Å². The Morgan fingerprint density at radius 1 is 1.00 bits per heavy atom. The summed E-state index contributed by atoms with van der Waals surface area (Å²) in [5.41, 5.74) is 0. The molecular formula is C19H27FNO. The molecule has 2 aliphatic rings. The summed E-state index contributed by atoms with van der Waals surface area (Å²) in [5, 5.41) is 0. The molecule has 1 radical (unpaired) electrons. The lowest BCUT2D eigenvalue weighted by Crippen LogP contribution is -2.39. The molecule has 0 N–H and O–H groups in total. The van der Waals surface area contributed by atoms with Crippen LogP contribution >= 0.6 is 0 Å². The molecule has 1 aliphatic carbocycles. The Labute approximate surface area is 133 Å². The minimum absolute atomic E-state index is 0.206. The van der Waals surface area contributed by atoms with Gasteiger partial charge in [-0.2, -0.15) is 0 Å². The van der Waals surface area contributed by atoms with Gasteiger partial charge in [-0.15, -0.1) is 0 Å². The second-order valence-corrected chi connectivity index (χ2v) is 6.71. The molecule has 0 aromatic heterocycles. The molecule has 0 amide bonds. The van der Waals surface area contributed by atoms with E-state index in [9.17, 15) is 4.39 Å². The Morgan fingerprint density at radius 3 is 2.36 bits per heavy atom. The third kappa shape index (κ3) is 4.70. The van der Waals surface area contributed by atoms with Crippen molar-refractivity contribution in [2.75, 3.05) is 19.6 Å². The molecule has 1 saturated carbocycles. The zero-order chi connectivity index (χ0) is 15.2.